The second-order valence-electron chi connectivity index (χ2n) is 9.87. The first-order valence-corrected chi connectivity index (χ1v) is 12.2. The second kappa shape index (κ2) is 8.75. The van der Waals surface area contributed by atoms with E-state index in [1.165, 1.54) is 16.6 Å². The molecule has 35 heavy (non-hydrogen) atoms. The number of aromatic nitrogens is 3. The van der Waals surface area contributed by atoms with Crippen LogP contribution >= 0.6 is 0 Å². The van der Waals surface area contributed by atoms with E-state index in [2.05, 4.69) is 67.8 Å². The average molecular weight is 470 g/mol. The minimum atomic E-state index is -0.0918. The van der Waals surface area contributed by atoms with Gasteiger partial charge in [0.2, 0.25) is 0 Å². The van der Waals surface area contributed by atoms with Crippen LogP contribution in [0, 0.1) is 0 Å². The first-order chi connectivity index (χ1) is 17.1. The van der Waals surface area contributed by atoms with Gasteiger partial charge in [-0.25, -0.2) is 0 Å². The number of rotatable bonds is 6. The van der Waals surface area contributed by atoms with Crippen LogP contribution in [0.25, 0.3) is 10.9 Å². The van der Waals surface area contributed by atoms with Crippen LogP contribution < -0.4 is 4.74 Å². The van der Waals surface area contributed by atoms with Crippen LogP contribution in [0.3, 0.4) is 0 Å². The molecule has 2 aliphatic heterocycles. The van der Waals surface area contributed by atoms with Crippen LogP contribution in [0.4, 0.5) is 0 Å². The summed E-state index contributed by atoms with van der Waals surface area (Å²) in [5, 5.41) is 11.9. The van der Waals surface area contributed by atoms with Gasteiger partial charge in [-0.3, -0.25) is 19.8 Å². The molecule has 1 aromatic carbocycles. The van der Waals surface area contributed by atoms with E-state index in [-0.39, 0.29) is 18.1 Å². The van der Waals surface area contributed by atoms with Crippen molar-refractivity contribution < 1.29 is 9.84 Å². The number of aliphatic hydroxyl groups excluding tert-OH is 1. The number of pyridine rings is 2. The smallest absolute Gasteiger partial charge is 0.120 e. The molecule has 0 unspecified atom stereocenters. The molecule has 2 aliphatic rings. The van der Waals surface area contributed by atoms with Gasteiger partial charge < -0.3 is 14.4 Å². The fourth-order valence-electron chi connectivity index (χ4n) is 6.23. The number of aliphatic hydroxyl groups is 1. The maximum absolute atomic E-state index is 10.6. The van der Waals surface area contributed by atoms with E-state index in [1.54, 1.807) is 7.11 Å². The predicted octanol–water partition coefficient (Wildman–Crippen LogP) is 3.28. The maximum Gasteiger partial charge on any atom is 0.120 e. The molecule has 5 heterocycles. The first-order valence-electron chi connectivity index (χ1n) is 12.2. The Morgan fingerprint density at radius 1 is 0.971 bits per heavy atom. The van der Waals surface area contributed by atoms with Gasteiger partial charge in [0.15, 0.2) is 0 Å². The molecule has 1 N–H and O–H groups in total. The van der Waals surface area contributed by atoms with Crippen molar-refractivity contribution in [1.82, 2.24) is 24.3 Å². The fourth-order valence-corrected chi connectivity index (χ4v) is 6.23. The molecule has 3 aromatic heterocycles. The van der Waals surface area contributed by atoms with Crippen molar-refractivity contribution in [2.45, 2.75) is 24.5 Å². The highest BCUT2D eigenvalue weighted by molar-refractivity contribution is 5.89. The summed E-state index contributed by atoms with van der Waals surface area (Å²) in [6.45, 7) is 4.41. The van der Waals surface area contributed by atoms with Crippen molar-refractivity contribution in [2.75, 3.05) is 33.4 Å². The quantitative estimate of drug-likeness (QED) is 0.468. The van der Waals surface area contributed by atoms with Crippen LogP contribution in [-0.2, 0) is 25.6 Å². The van der Waals surface area contributed by atoms with Gasteiger partial charge in [-0.2, -0.15) is 0 Å². The van der Waals surface area contributed by atoms with Crippen LogP contribution in [0.2, 0.25) is 0 Å². The summed E-state index contributed by atoms with van der Waals surface area (Å²) in [4.78, 5) is 14.0. The van der Waals surface area contributed by atoms with E-state index >= 15 is 0 Å². The summed E-state index contributed by atoms with van der Waals surface area (Å²) >= 11 is 0. The number of hydrogen-bond donors (Lipinski definition) is 1. The minimum absolute atomic E-state index is 0.0152. The third-order valence-corrected chi connectivity index (χ3v) is 7.67. The molecule has 1 saturated heterocycles. The molecule has 1 atom stereocenters. The Balaban J connectivity index is 1.43. The zero-order chi connectivity index (χ0) is 24.0. The molecule has 180 valence electrons. The molecule has 1 fully saturated rings. The lowest BCUT2D eigenvalue weighted by Crippen LogP contribution is -2.66. The summed E-state index contributed by atoms with van der Waals surface area (Å²) in [5.74, 6) is 0.848. The molecular formula is C28H31N5O2. The monoisotopic (exact) mass is 469 g/mol. The van der Waals surface area contributed by atoms with Gasteiger partial charge >= 0.3 is 0 Å². The van der Waals surface area contributed by atoms with Crippen LogP contribution in [0.1, 0.15) is 28.7 Å². The third kappa shape index (κ3) is 3.71. The van der Waals surface area contributed by atoms with E-state index in [4.69, 9.17) is 4.74 Å². The minimum Gasteiger partial charge on any atom is -0.497 e. The number of ether oxygens (including phenoxy) is 1. The molecular weight excluding hydrogens is 438 g/mol. The summed E-state index contributed by atoms with van der Waals surface area (Å²) in [6, 6.07) is 18.4. The number of benzene rings is 1. The van der Waals surface area contributed by atoms with E-state index in [0.29, 0.717) is 6.54 Å². The lowest BCUT2D eigenvalue weighted by atomic mass is 9.68. The van der Waals surface area contributed by atoms with Crippen molar-refractivity contribution in [3.05, 3.63) is 89.6 Å². The standard InChI is InChI=1S/C28H31N5O2/c1-31-24-13-22(35-2)9-10-23(24)26-27(31)25(16-34)33(15-21-8-4-6-12-30-21)19-28(26)17-32(18-28)14-20-7-3-5-11-29-20/h3-13,25,34H,14-19H2,1-2H3/t25-/m0/s1. The Hall–Kier alpha value is -3.26. The van der Waals surface area contributed by atoms with Gasteiger partial charge in [-0.05, 0) is 42.0 Å². The lowest BCUT2D eigenvalue weighted by molar-refractivity contribution is -0.0139. The normalized spacial score (nSPS) is 19.6. The molecule has 0 aliphatic carbocycles. The summed E-state index contributed by atoms with van der Waals surface area (Å²) in [5.41, 5.74) is 5.84. The van der Waals surface area contributed by atoms with Gasteiger partial charge in [0.05, 0.1) is 36.7 Å². The van der Waals surface area contributed by atoms with Crippen LogP contribution in [0.15, 0.2) is 67.0 Å². The maximum atomic E-state index is 10.6. The van der Waals surface area contributed by atoms with Gasteiger partial charge in [-0.15, -0.1) is 0 Å². The third-order valence-electron chi connectivity index (χ3n) is 7.67. The van der Waals surface area contributed by atoms with Gasteiger partial charge in [0.25, 0.3) is 0 Å². The van der Waals surface area contributed by atoms with Crippen molar-refractivity contribution in [3.63, 3.8) is 0 Å². The average Bonchev–Trinajstić information content (AvgIpc) is 3.16. The number of likely N-dealkylation sites (tertiary alicyclic amines) is 1. The van der Waals surface area contributed by atoms with Crippen molar-refractivity contribution >= 4 is 10.9 Å². The summed E-state index contributed by atoms with van der Waals surface area (Å²) < 4.78 is 7.81. The number of fused-ring (bicyclic) bond motifs is 4. The van der Waals surface area contributed by atoms with Gasteiger partial charge in [0, 0.05) is 74.7 Å². The zero-order valence-electron chi connectivity index (χ0n) is 20.3. The van der Waals surface area contributed by atoms with E-state index in [9.17, 15) is 5.11 Å². The number of aryl methyl sites for hydroxylation is 1. The molecule has 4 aromatic rings. The first kappa shape index (κ1) is 22.2. The van der Waals surface area contributed by atoms with Crippen molar-refractivity contribution in [3.8, 4) is 5.75 Å². The van der Waals surface area contributed by atoms with Crippen molar-refractivity contribution in [1.29, 1.82) is 0 Å². The highest BCUT2D eigenvalue weighted by atomic mass is 16.5. The number of hydrogen-bond acceptors (Lipinski definition) is 6. The summed E-state index contributed by atoms with van der Waals surface area (Å²) in [6.07, 6.45) is 3.71. The van der Waals surface area contributed by atoms with Crippen molar-refractivity contribution in [2.24, 2.45) is 7.05 Å². The zero-order valence-corrected chi connectivity index (χ0v) is 20.3. The molecule has 0 radical (unpaired) electrons. The molecule has 0 amide bonds. The molecule has 6 rings (SSSR count). The summed E-state index contributed by atoms with van der Waals surface area (Å²) in [7, 11) is 3.82. The molecule has 0 saturated carbocycles. The Kier molecular flexibility index (Phi) is 5.56. The number of nitrogens with zero attached hydrogens (tertiary/aromatic N) is 5. The second-order valence-corrected chi connectivity index (χ2v) is 9.87. The van der Waals surface area contributed by atoms with E-state index < -0.39 is 0 Å². The van der Waals surface area contributed by atoms with E-state index in [1.807, 2.05) is 30.6 Å². The molecule has 1 spiro atoms. The predicted molar refractivity (Wildman–Crippen MR) is 135 cm³/mol. The SMILES string of the molecule is COc1ccc2c3c(n(C)c2c1)[C@H](CO)N(Cc1ccccn1)CC31CN(Cc2ccccn2)C1. The van der Waals surface area contributed by atoms with Gasteiger partial charge in [-0.1, -0.05) is 12.1 Å². The molecule has 7 nitrogen and oxygen atoms in total. The Morgan fingerprint density at radius 3 is 2.31 bits per heavy atom. The fraction of sp³-hybridized carbons (Fsp3) is 0.357. The Morgan fingerprint density at radius 2 is 1.69 bits per heavy atom. The highest BCUT2D eigenvalue weighted by Gasteiger charge is 2.53. The topological polar surface area (TPSA) is 66.7 Å². The Bertz CT molecular complexity index is 1330. The highest BCUT2D eigenvalue weighted by Crippen LogP contribution is 2.50. The van der Waals surface area contributed by atoms with Gasteiger partial charge in [0.1, 0.15) is 5.75 Å². The molecule has 0 bridgehead atoms. The molecule has 7 heteroatoms. The number of methoxy groups -OCH3 is 1. The lowest BCUT2D eigenvalue weighted by Gasteiger charge is -2.56. The van der Waals surface area contributed by atoms with Crippen LogP contribution in [-0.4, -0.2) is 62.8 Å². The van der Waals surface area contributed by atoms with E-state index in [0.717, 1.165) is 48.8 Å². The largest absolute Gasteiger partial charge is 0.497 e. The Labute approximate surface area is 205 Å². The van der Waals surface area contributed by atoms with Crippen LogP contribution in [0.5, 0.6) is 5.75 Å².